The zero-order valence-corrected chi connectivity index (χ0v) is 17.8. The number of thiophene rings is 1. The lowest BCUT2D eigenvalue weighted by atomic mass is 10.3. The second-order valence-electron chi connectivity index (χ2n) is 5.74. The van der Waals surface area contributed by atoms with E-state index in [2.05, 4.69) is 10.6 Å². The van der Waals surface area contributed by atoms with Crippen molar-refractivity contribution >= 4 is 55.3 Å². The predicted molar refractivity (Wildman–Crippen MR) is 112 cm³/mol. The molecule has 0 aliphatic rings. The normalized spacial score (nSPS) is 11.3. The molecule has 0 bridgehead atoms. The number of rotatable bonds is 6. The second-order valence-corrected chi connectivity index (χ2v) is 9.35. The van der Waals surface area contributed by atoms with Gasteiger partial charge in [-0.2, -0.15) is 0 Å². The predicted octanol–water partition coefficient (Wildman–Crippen LogP) is 3.29. The number of nitrogens with zero attached hydrogens (tertiary/aromatic N) is 1. The first-order chi connectivity index (χ1) is 12.6. The molecule has 0 amide bonds. The quantitative estimate of drug-likeness (QED) is 0.540. The number of hydrogen-bond donors (Lipinski definition) is 2. The number of ether oxygens (including phenoxy) is 1. The van der Waals surface area contributed by atoms with E-state index >= 15 is 0 Å². The molecular formula is C17H21N3O4S3. The average Bonchev–Trinajstić information content (AvgIpc) is 2.95. The van der Waals surface area contributed by atoms with Gasteiger partial charge >= 0.3 is 5.97 Å². The molecule has 27 heavy (non-hydrogen) atoms. The standard InChI is InChI=1S/C17H21N3O4S3/c1-5-24-16(21)15-11(2)9-14(26-15)19-17(25)18-12-7-6-8-13(10-12)27(22,23)20(3)4/h6-10H,5H2,1-4H3,(H2,18,19,25). The Kier molecular flexibility index (Phi) is 6.93. The van der Waals surface area contributed by atoms with Gasteiger partial charge < -0.3 is 15.4 Å². The number of sulfonamides is 1. The molecule has 1 heterocycles. The van der Waals surface area contributed by atoms with Crippen LogP contribution >= 0.6 is 23.6 Å². The minimum Gasteiger partial charge on any atom is -0.462 e. The van der Waals surface area contributed by atoms with E-state index in [-0.39, 0.29) is 16.0 Å². The van der Waals surface area contributed by atoms with Crippen molar-refractivity contribution in [1.82, 2.24) is 4.31 Å². The van der Waals surface area contributed by atoms with Gasteiger partial charge in [0.1, 0.15) is 4.88 Å². The third kappa shape index (κ3) is 5.25. The summed E-state index contributed by atoms with van der Waals surface area (Å²) in [5.74, 6) is -0.367. The van der Waals surface area contributed by atoms with Crippen LogP contribution in [-0.4, -0.2) is 44.5 Å². The largest absolute Gasteiger partial charge is 0.462 e. The molecule has 1 aromatic carbocycles. The lowest BCUT2D eigenvalue weighted by molar-refractivity contribution is 0.0531. The van der Waals surface area contributed by atoms with Crippen LogP contribution in [0.4, 0.5) is 10.7 Å². The Morgan fingerprint density at radius 3 is 2.59 bits per heavy atom. The average molecular weight is 428 g/mol. The molecule has 1 aromatic heterocycles. The van der Waals surface area contributed by atoms with E-state index in [4.69, 9.17) is 17.0 Å². The molecule has 0 spiro atoms. The van der Waals surface area contributed by atoms with E-state index in [0.717, 1.165) is 9.87 Å². The number of thiocarbonyl (C=S) groups is 1. The molecule has 0 fully saturated rings. The van der Waals surface area contributed by atoms with E-state index in [1.54, 1.807) is 25.1 Å². The van der Waals surface area contributed by atoms with E-state index in [1.165, 1.54) is 37.6 Å². The number of carbonyl (C=O) groups is 1. The molecule has 0 atom stereocenters. The molecule has 0 unspecified atom stereocenters. The van der Waals surface area contributed by atoms with Crippen LogP contribution < -0.4 is 10.6 Å². The van der Waals surface area contributed by atoms with Gasteiger partial charge in [0.2, 0.25) is 10.0 Å². The zero-order valence-electron chi connectivity index (χ0n) is 15.4. The van der Waals surface area contributed by atoms with Crippen LogP contribution in [0.5, 0.6) is 0 Å². The topological polar surface area (TPSA) is 87.7 Å². The summed E-state index contributed by atoms with van der Waals surface area (Å²) in [6, 6.07) is 8.18. The molecule has 0 aliphatic heterocycles. The van der Waals surface area contributed by atoms with Gasteiger partial charge in [-0.05, 0) is 55.9 Å². The number of aryl methyl sites for hydroxylation is 1. The van der Waals surface area contributed by atoms with E-state index in [1.807, 2.05) is 6.92 Å². The lowest BCUT2D eigenvalue weighted by Crippen LogP contribution is -2.23. The molecule has 2 N–H and O–H groups in total. The highest BCUT2D eigenvalue weighted by molar-refractivity contribution is 7.89. The van der Waals surface area contributed by atoms with E-state index in [0.29, 0.717) is 22.2 Å². The maximum atomic E-state index is 12.2. The molecule has 0 aliphatic carbocycles. The van der Waals surface area contributed by atoms with Crippen molar-refractivity contribution in [3.8, 4) is 0 Å². The van der Waals surface area contributed by atoms with Gasteiger partial charge in [-0.1, -0.05) is 6.07 Å². The highest BCUT2D eigenvalue weighted by Crippen LogP contribution is 2.27. The van der Waals surface area contributed by atoms with Gasteiger partial charge in [0.05, 0.1) is 16.5 Å². The number of carbonyl (C=O) groups excluding carboxylic acids is 1. The third-order valence-electron chi connectivity index (χ3n) is 3.49. The maximum absolute atomic E-state index is 12.2. The van der Waals surface area contributed by atoms with Crippen molar-refractivity contribution in [1.29, 1.82) is 0 Å². The molecule has 7 nitrogen and oxygen atoms in total. The Bertz CT molecular complexity index is 952. The van der Waals surface area contributed by atoms with Crippen LogP contribution in [0, 0.1) is 6.92 Å². The number of esters is 1. The summed E-state index contributed by atoms with van der Waals surface area (Å²) in [7, 11) is -0.583. The summed E-state index contributed by atoms with van der Waals surface area (Å²) in [4.78, 5) is 12.6. The fourth-order valence-corrected chi connectivity index (χ4v) is 4.37. The molecule has 0 saturated carbocycles. The Morgan fingerprint density at radius 2 is 1.96 bits per heavy atom. The summed E-state index contributed by atoms with van der Waals surface area (Å²) in [6.07, 6.45) is 0. The fourth-order valence-electron chi connectivity index (χ4n) is 2.16. The molecule has 2 aromatic rings. The summed E-state index contributed by atoms with van der Waals surface area (Å²) >= 11 is 6.53. The monoisotopic (exact) mass is 427 g/mol. The molecule has 0 saturated heterocycles. The Hall–Kier alpha value is -2.01. The first-order valence-electron chi connectivity index (χ1n) is 8.03. The minimum atomic E-state index is -3.53. The van der Waals surface area contributed by atoms with E-state index < -0.39 is 10.0 Å². The molecule has 0 radical (unpaired) electrons. The molecule has 2 rings (SSSR count). The Balaban J connectivity index is 2.11. The summed E-state index contributed by atoms with van der Waals surface area (Å²) in [5.41, 5.74) is 1.33. The van der Waals surface area contributed by atoms with Crippen LogP contribution in [0.3, 0.4) is 0 Å². The molecule has 10 heteroatoms. The second kappa shape index (κ2) is 8.79. The highest BCUT2D eigenvalue weighted by atomic mass is 32.2. The van der Waals surface area contributed by atoms with Crippen LogP contribution in [0.2, 0.25) is 0 Å². The lowest BCUT2D eigenvalue weighted by Gasteiger charge is -2.13. The first-order valence-corrected chi connectivity index (χ1v) is 10.7. The van der Waals surface area contributed by atoms with Gasteiger partial charge in [-0.3, -0.25) is 0 Å². The number of benzene rings is 1. The molecular weight excluding hydrogens is 406 g/mol. The van der Waals surface area contributed by atoms with Crippen LogP contribution in [0.25, 0.3) is 0 Å². The summed E-state index contributed by atoms with van der Waals surface area (Å²) < 4.78 is 30.6. The van der Waals surface area contributed by atoms with Crippen molar-refractivity contribution < 1.29 is 17.9 Å². The first kappa shape index (κ1) is 21.3. The zero-order chi connectivity index (χ0) is 20.2. The molecule has 146 valence electrons. The van der Waals surface area contributed by atoms with Gasteiger partial charge in [-0.25, -0.2) is 17.5 Å². The SMILES string of the molecule is CCOC(=O)c1sc(NC(=S)Nc2cccc(S(=O)(=O)N(C)C)c2)cc1C. The smallest absolute Gasteiger partial charge is 0.348 e. The van der Waals surface area contributed by atoms with Crippen molar-refractivity contribution in [2.75, 3.05) is 31.3 Å². The third-order valence-corrected chi connectivity index (χ3v) is 6.63. The number of hydrogen-bond acceptors (Lipinski definition) is 6. The van der Waals surface area contributed by atoms with Crippen molar-refractivity contribution in [2.24, 2.45) is 0 Å². The summed E-state index contributed by atoms with van der Waals surface area (Å²) in [6.45, 7) is 3.88. The van der Waals surface area contributed by atoms with Crippen molar-refractivity contribution in [3.05, 3.63) is 40.8 Å². The van der Waals surface area contributed by atoms with Gasteiger partial charge in [-0.15, -0.1) is 11.3 Å². The Morgan fingerprint density at radius 1 is 1.26 bits per heavy atom. The van der Waals surface area contributed by atoms with Gasteiger partial charge in [0, 0.05) is 19.8 Å². The fraction of sp³-hybridized carbons (Fsp3) is 0.294. The number of nitrogens with one attached hydrogen (secondary N) is 2. The highest BCUT2D eigenvalue weighted by Gasteiger charge is 2.18. The van der Waals surface area contributed by atoms with E-state index in [9.17, 15) is 13.2 Å². The van der Waals surface area contributed by atoms with Gasteiger partial charge in [0.15, 0.2) is 5.11 Å². The van der Waals surface area contributed by atoms with Crippen molar-refractivity contribution in [3.63, 3.8) is 0 Å². The minimum absolute atomic E-state index is 0.164. The van der Waals surface area contributed by atoms with Crippen LogP contribution in [-0.2, 0) is 14.8 Å². The number of anilines is 2. The van der Waals surface area contributed by atoms with Gasteiger partial charge in [0.25, 0.3) is 0 Å². The van der Waals surface area contributed by atoms with Crippen molar-refractivity contribution in [2.45, 2.75) is 18.7 Å². The maximum Gasteiger partial charge on any atom is 0.348 e. The summed E-state index contributed by atoms with van der Waals surface area (Å²) in [5, 5.41) is 6.92. The van der Waals surface area contributed by atoms with Crippen LogP contribution in [0.15, 0.2) is 35.2 Å². The van der Waals surface area contributed by atoms with Crippen LogP contribution in [0.1, 0.15) is 22.2 Å². The Labute approximate surface area is 168 Å².